The summed E-state index contributed by atoms with van der Waals surface area (Å²) in [6.45, 7) is 0. The zero-order chi connectivity index (χ0) is 19.1. The maximum absolute atomic E-state index is 12.4. The van der Waals surface area contributed by atoms with E-state index in [9.17, 15) is 13.2 Å². The largest absolute Gasteiger partial charge is 0.333 e. The van der Waals surface area contributed by atoms with Crippen molar-refractivity contribution in [3.8, 4) is 11.4 Å². The number of carbonyl (C=O) groups excluding carboxylic acids is 1. The number of halogens is 3. The van der Waals surface area contributed by atoms with Crippen LogP contribution < -0.4 is 4.72 Å². The molecular formula is C15H10BrCl2N3O3S2. The number of hydrogen-bond donors (Lipinski definition) is 1. The maximum atomic E-state index is 12.4. The first-order valence-corrected chi connectivity index (χ1v) is 10.8. The standard InChI is InChI=1S/C15H10BrCl2N3O3S2/c1-21-7-11(19-13(21)8-4-2-3-5-10(8)17)14(22)20-26(23,24)15-9(16)6-12(18)25-15/h2-7H,1H3,(H,20,22). The number of thiophene rings is 1. The number of sulfonamides is 1. The minimum Gasteiger partial charge on any atom is -0.333 e. The van der Waals surface area contributed by atoms with Crippen LogP contribution in [0.4, 0.5) is 0 Å². The number of aryl methyl sites for hydroxylation is 1. The van der Waals surface area contributed by atoms with Crippen molar-refractivity contribution < 1.29 is 13.2 Å². The van der Waals surface area contributed by atoms with Gasteiger partial charge in [-0.15, -0.1) is 11.3 Å². The van der Waals surface area contributed by atoms with Crippen LogP contribution in [0.5, 0.6) is 0 Å². The molecule has 3 rings (SSSR count). The molecule has 0 bridgehead atoms. The zero-order valence-corrected chi connectivity index (χ0v) is 17.8. The number of aromatic nitrogens is 2. The quantitative estimate of drug-likeness (QED) is 0.585. The van der Waals surface area contributed by atoms with Crippen LogP contribution in [0.15, 0.2) is 45.2 Å². The first-order chi connectivity index (χ1) is 12.2. The molecule has 0 aliphatic carbocycles. The normalized spacial score (nSPS) is 11.5. The second-order valence-corrected chi connectivity index (χ2v) is 9.98. The van der Waals surface area contributed by atoms with Gasteiger partial charge in [0.25, 0.3) is 15.9 Å². The summed E-state index contributed by atoms with van der Waals surface area (Å²) in [4.78, 5) is 16.6. The second-order valence-electron chi connectivity index (χ2n) is 5.16. The van der Waals surface area contributed by atoms with E-state index in [0.29, 0.717) is 16.4 Å². The van der Waals surface area contributed by atoms with Crippen molar-refractivity contribution in [3.05, 3.63) is 56.1 Å². The van der Waals surface area contributed by atoms with Crippen LogP contribution in [0, 0.1) is 0 Å². The van der Waals surface area contributed by atoms with Gasteiger partial charge >= 0.3 is 0 Å². The summed E-state index contributed by atoms with van der Waals surface area (Å²) in [6.07, 6.45) is 1.43. The average Bonchev–Trinajstić information content (AvgIpc) is 3.10. The summed E-state index contributed by atoms with van der Waals surface area (Å²) < 4.78 is 28.9. The van der Waals surface area contributed by atoms with Gasteiger partial charge in [0, 0.05) is 18.8 Å². The Morgan fingerprint density at radius 3 is 2.62 bits per heavy atom. The Hall–Kier alpha value is -1.39. The Bertz CT molecular complexity index is 1110. The van der Waals surface area contributed by atoms with Crippen LogP contribution >= 0.6 is 50.5 Å². The van der Waals surface area contributed by atoms with E-state index in [2.05, 4.69) is 20.9 Å². The van der Waals surface area contributed by atoms with Crippen LogP contribution in [0.1, 0.15) is 10.5 Å². The number of carbonyl (C=O) groups is 1. The number of benzene rings is 1. The molecule has 3 aromatic rings. The highest BCUT2D eigenvalue weighted by atomic mass is 79.9. The van der Waals surface area contributed by atoms with E-state index in [4.69, 9.17) is 23.2 Å². The lowest BCUT2D eigenvalue weighted by atomic mass is 10.2. The molecule has 136 valence electrons. The summed E-state index contributed by atoms with van der Waals surface area (Å²) in [7, 11) is -2.39. The average molecular weight is 495 g/mol. The molecule has 2 aromatic heterocycles. The molecule has 11 heteroatoms. The van der Waals surface area contributed by atoms with Crippen molar-refractivity contribution in [2.75, 3.05) is 0 Å². The third kappa shape index (κ3) is 3.81. The highest BCUT2D eigenvalue weighted by molar-refractivity contribution is 9.10. The lowest BCUT2D eigenvalue weighted by Gasteiger charge is -2.04. The molecule has 1 aromatic carbocycles. The minimum atomic E-state index is -4.08. The lowest BCUT2D eigenvalue weighted by Crippen LogP contribution is -2.30. The molecule has 26 heavy (non-hydrogen) atoms. The molecule has 0 saturated carbocycles. The number of rotatable bonds is 4. The third-order valence-corrected chi connectivity index (χ3v) is 7.93. The van der Waals surface area contributed by atoms with Gasteiger partial charge < -0.3 is 4.57 Å². The van der Waals surface area contributed by atoms with Gasteiger partial charge in [0.1, 0.15) is 11.5 Å². The van der Waals surface area contributed by atoms with Gasteiger partial charge in [0.2, 0.25) is 0 Å². The highest BCUT2D eigenvalue weighted by Gasteiger charge is 2.26. The lowest BCUT2D eigenvalue weighted by molar-refractivity contribution is 0.0977. The fraction of sp³-hybridized carbons (Fsp3) is 0.0667. The Labute approximate surface area is 172 Å². The first kappa shape index (κ1) is 19.4. The van der Waals surface area contributed by atoms with Gasteiger partial charge in [-0.1, -0.05) is 35.3 Å². The Balaban J connectivity index is 1.91. The van der Waals surface area contributed by atoms with Gasteiger partial charge in [-0.25, -0.2) is 18.1 Å². The van der Waals surface area contributed by atoms with E-state index in [1.54, 1.807) is 35.9 Å². The molecule has 0 saturated heterocycles. The Morgan fingerprint density at radius 2 is 2.00 bits per heavy atom. The van der Waals surface area contributed by atoms with Gasteiger partial charge in [0.05, 0.1) is 13.8 Å². The molecule has 1 N–H and O–H groups in total. The van der Waals surface area contributed by atoms with Gasteiger partial charge in [-0.05, 0) is 34.1 Å². The van der Waals surface area contributed by atoms with Crippen molar-refractivity contribution in [1.82, 2.24) is 14.3 Å². The van der Waals surface area contributed by atoms with Crippen molar-refractivity contribution >= 4 is 66.4 Å². The number of nitrogens with zero attached hydrogens (tertiary/aromatic N) is 2. The number of nitrogens with one attached hydrogen (secondary N) is 1. The summed E-state index contributed by atoms with van der Waals surface area (Å²) in [5, 5.41) is 0.470. The van der Waals surface area contributed by atoms with Crippen molar-refractivity contribution in [1.29, 1.82) is 0 Å². The molecule has 0 aliphatic heterocycles. The van der Waals surface area contributed by atoms with E-state index < -0.39 is 15.9 Å². The highest BCUT2D eigenvalue weighted by Crippen LogP contribution is 2.34. The fourth-order valence-electron chi connectivity index (χ4n) is 2.20. The monoisotopic (exact) mass is 493 g/mol. The van der Waals surface area contributed by atoms with Gasteiger partial charge in [0.15, 0.2) is 4.21 Å². The van der Waals surface area contributed by atoms with Crippen LogP contribution in [-0.4, -0.2) is 23.9 Å². The third-order valence-electron chi connectivity index (χ3n) is 3.32. The van der Waals surface area contributed by atoms with Crippen LogP contribution in [0.3, 0.4) is 0 Å². The topological polar surface area (TPSA) is 81.1 Å². The van der Waals surface area contributed by atoms with Crippen LogP contribution in [0.25, 0.3) is 11.4 Å². The molecule has 0 aliphatic rings. The second kappa shape index (κ2) is 7.32. The summed E-state index contributed by atoms with van der Waals surface area (Å²) in [5.74, 6) is -0.408. The fourth-order valence-corrected chi connectivity index (χ4v) is 6.39. The van der Waals surface area contributed by atoms with E-state index in [1.165, 1.54) is 12.3 Å². The molecule has 0 atom stereocenters. The molecule has 0 unspecified atom stereocenters. The maximum Gasteiger partial charge on any atom is 0.285 e. The molecule has 6 nitrogen and oxygen atoms in total. The van der Waals surface area contributed by atoms with Crippen LogP contribution in [-0.2, 0) is 17.1 Å². The molecule has 1 amide bonds. The van der Waals surface area contributed by atoms with Crippen molar-refractivity contribution in [2.45, 2.75) is 4.21 Å². The Morgan fingerprint density at radius 1 is 1.31 bits per heavy atom. The number of imidazole rings is 1. The summed E-state index contributed by atoms with van der Waals surface area (Å²) >= 11 is 15.9. The molecule has 0 fully saturated rings. The molecule has 2 heterocycles. The van der Waals surface area contributed by atoms with E-state index in [0.717, 1.165) is 11.3 Å². The first-order valence-electron chi connectivity index (χ1n) is 6.99. The van der Waals surface area contributed by atoms with E-state index >= 15 is 0 Å². The number of amides is 1. The number of hydrogen-bond acceptors (Lipinski definition) is 5. The van der Waals surface area contributed by atoms with Crippen molar-refractivity contribution in [2.24, 2.45) is 7.05 Å². The van der Waals surface area contributed by atoms with Crippen molar-refractivity contribution in [3.63, 3.8) is 0 Å². The van der Waals surface area contributed by atoms with E-state index in [-0.39, 0.29) is 18.7 Å². The van der Waals surface area contributed by atoms with Gasteiger partial charge in [-0.2, -0.15) is 0 Å². The molecule has 0 radical (unpaired) electrons. The SMILES string of the molecule is Cn1cc(C(=O)NS(=O)(=O)c2sc(Cl)cc2Br)nc1-c1ccccc1Cl. The Kier molecular flexibility index (Phi) is 5.45. The van der Waals surface area contributed by atoms with Gasteiger partial charge in [-0.3, -0.25) is 4.79 Å². The molecular weight excluding hydrogens is 485 g/mol. The zero-order valence-electron chi connectivity index (χ0n) is 13.0. The summed E-state index contributed by atoms with van der Waals surface area (Å²) in [5.41, 5.74) is 0.580. The predicted octanol–water partition coefficient (Wildman–Crippen LogP) is 4.34. The smallest absolute Gasteiger partial charge is 0.285 e. The summed E-state index contributed by atoms with van der Waals surface area (Å²) in [6, 6.07) is 8.47. The predicted molar refractivity (Wildman–Crippen MR) is 105 cm³/mol. The minimum absolute atomic E-state index is 0.0511. The van der Waals surface area contributed by atoms with E-state index in [1.807, 2.05) is 4.72 Å². The molecule has 0 spiro atoms. The van der Waals surface area contributed by atoms with Crippen LogP contribution in [0.2, 0.25) is 9.36 Å².